The summed E-state index contributed by atoms with van der Waals surface area (Å²) in [7, 11) is 0. The lowest BCUT2D eigenvalue weighted by molar-refractivity contribution is -0.112. The van der Waals surface area contributed by atoms with Crippen LogP contribution >= 0.6 is 23.2 Å². The van der Waals surface area contributed by atoms with Crippen molar-refractivity contribution >= 4 is 23.2 Å². The third-order valence-corrected chi connectivity index (χ3v) is 3.92. The number of hydrogen-bond acceptors (Lipinski definition) is 2. The van der Waals surface area contributed by atoms with E-state index in [4.69, 9.17) is 27.9 Å². The lowest BCUT2D eigenvalue weighted by Gasteiger charge is -2.39. The molecular weight excluding hydrogens is 269 g/mol. The van der Waals surface area contributed by atoms with Crippen molar-refractivity contribution in [2.75, 3.05) is 13.1 Å². The van der Waals surface area contributed by atoms with Crippen LogP contribution in [-0.2, 0) is 4.74 Å². The maximum Gasteiger partial charge on any atom is 0.0972 e. The second-order valence-corrected chi connectivity index (χ2v) is 5.95. The minimum Gasteiger partial charge on any atom is -0.365 e. The van der Waals surface area contributed by atoms with Gasteiger partial charge in [0, 0.05) is 28.7 Å². The second kappa shape index (κ2) is 5.79. The van der Waals surface area contributed by atoms with E-state index in [9.17, 15) is 0 Å². The van der Waals surface area contributed by atoms with Crippen LogP contribution in [0.2, 0.25) is 10.0 Å². The minimum atomic E-state index is -0.122. The molecule has 0 aliphatic carbocycles. The molecular formula is C14H19Cl2NO. The van der Waals surface area contributed by atoms with Crippen LogP contribution in [0.15, 0.2) is 18.2 Å². The molecule has 4 heteroatoms. The summed E-state index contributed by atoms with van der Waals surface area (Å²) in [6.07, 6.45) is 2.12. The number of rotatable bonds is 3. The van der Waals surface area contributed by atoms with E-state index in [1.54, 1.807) is 6.07 Å². The highest BCUT2D eigenvalue weighted by Crippen LogP contribution is 2.34. The molecule has 1 saturated heterocycles. The molecule has 1 aromatic carbocycles. The Balaban J connectivity index is 2.20. The third kappa shape index (κ3) is 3.18. The quantitative estimate of drug-likeness (QED) is 0.899. The van der Waals surface area contributed by atoms with Gasteiger partial charge in [-0.05, 0) is 31.5 Å². The van der Waals surface area contributed by atoms with Gasteiger partial charge in [0.2, 0.25) is 0 Å². The molecule has 0 aromatic heterocycles. The summed E-state index contributed by atoms with van der Waals surface area (Å²) < 4.78 is 6.23. The lowest BCUT2D eigenvalue weighted by atomic mass is 9.96. The lowest BCUT2D eigenvalue weighted by Crippen LogP contribution is -2.48. The van der Waals surface area contributed by atoms with Crippen LogP contribution in [0.25, 0.3) is 0 Å². The van der Waals surface area contributed by atoms with Crippen molar-refractivity contribution in [1.82, 2.24) is 5.32 Å². The van der Waals surface area contributed by atoms with Crippen molar-refractivity contribution < 1.29 is 4.74 Å². The summed E-state index contributed by atoms with van der Waals surface area (Å²) >= 11 is 12.3. The van der Waals surface area contributed by atoms with Crippen molar-refractivity contribution in [3.05, 3.63) is 33.8 Å². The van der Waals surface area contributed by atoms with Crippen molar-refractivity contribution in [2.45, 2.75) is 38.4 Å². The monoisotopic (exact) mass is 287 g/mol. The van der Waals surface area contributed by atoms with Gasteiger partial charge in [0.1, 0.15) is 0 Å². The molecule has 0 amide bonds. The Morgan fingerprint density at radius 1 is 1.44 bits per heavy atom. The molecule has 1 N–H and O–H groups in total. The number of halogens is 2. The van der Waals surface area contributed by atoms with E-state index in [-0.39, 0.29) is 11.7 Å². The molecule has 0 spiro atoms. The van der Waals surface area contributed by atoms with Gasteiger partial charge in [-0.15, -0.1) is 0 Å². The van der Waals surface area contributed by atoms with Crippen molar-refractivity contribution in [1.29, 1.82) is 0 Å². The number of benzene rings is 1. The smallest absolute Gasteiger partial charge is 0.0972 e. The van der Waals surface area contributed by atoms with Crippen molar-refractivity contribution in [2.24, 2.45) is 0 Å². The van der Waals surface area contributed by atoms with E-state index in [1.807, 2.05) is 12.1 Å². The van der Waals surface area contributed by atoms with Crippen LogP contribution in [0.5, 0.6) is 0 Å². The topological polar surface area (TPSA) is 21.3 Å². The summed E-state index contributed by atoms with van der Waals surface area (Å²) in [6.45, 7) is 5.98. The zero-order valence-corrected chi connectivity index (χ0v) is 12.3. The van der Waals surface area contributed by atoms with Gasteiger partial charge < -0.3 is 10.1 Å². The van der Waals surface area contributed by atoms with Crippen LogP contribution < -0.4 is 5.32 Å². The molecule has 0 radical (unpaired) electrons. The molecule has 2 atom stereocenters. The Morgan fingerprint density at radius 2 is 2.22 bits per heavy atom. The summed E-state index contributed by atoms with van der Waals surface area (Å²) in [5.74, 6) is 0. The first-order valence-electron chi connectivity index (χ1n) is 6.37. The summed E-state index contributed by atoms with van der Waals surface area (Å²) in [5.41, 5.74) is 0.849. The normalized spacial score (nSPS) is 28.3. The minimum absolute atomic E-state index is 0.0264. The Kier molecular flexibility index (Phi) is 4.54. The van der Waals surface area contributed by atoms with Gasteiger partial charge >= 0.3 is 0 Å². The fraction of sp³-hybridized carbons (Fsp3) is 0.571. The van der Waals surface area contributed by atoms with Crippen LogP contribution in [-0.4, -0.2) is 18.7 Å². The van der Waals surface area contributed by atoms with Crippen LogP contribution in [0.4, 0.5) is 0 Å². The summed E-state index contributed by atoms with van der Waals surface area (Å²) in [4.78, 5) is 0. The van der Waals surface area contributed by atoms with Crippen LogP contribution in [0.1, 0.15) is 38.4 Å². The Labute approximate surface area is 119 Å². The molecule has 1 aromatic rings. The maximum absolute atomic E-state index is 6.23. The molecule has 1 aliphatic rings. The molecule has 100 valence electrons. The molecule has 2 nitrogen and oxygen atoms in total. The average Bonchev–Trinajstić information content (AvgIpc) is 2.32. The second-order valence-electron chi connectivity index (χ2n) is 5.10. The number of morpholine rings is 1. The summed E-state index contributed by atoms with van der Waals surface area (Å²) in [6, 6.07) is 5.52. The first kappa shape index (κ1) is 14.1. The number of nitrogens with one attached hydrogen (secondary N) is 1. The molecule has 0 saturated carbocycles. The average molecular weight is 288 g/mol. The highest BCUT2D eigenvalue weighted by atomic mass is 35.5. The number of ether oxygens (including phenoxy) is 1. The molecule has 1 heterocycles. The van der Waals surface area contributed by atoms with Crippen molar-refractivity contribution in [3.8, 4) is 0 Å². The molecule has 2 rings (SSSR count). The van der Waals surface area contributed by atoms with E-state index >= 15 is 0 Å². The molecule has 1 fully saturated rings. The van der Waals surface area contributed by atoms with Gasteiger partial charge in [-0.1, -0.05) is 36.5 Å². The molecule has 1 aliphatic heterocycles. The fourth-order valence-corrected chi connectivity index (χ4v) is 2.93. The van der Waals surface area contributed by atoms with E-state index in [1.165, 1.54) is 0 Å². The Morgan fingerprint density at radius 3 is 2.94 bits per heavy atom. The van der Waals surface area contributed by atoms with Gasteiger partial charge in [0.05, 0.1) is 11.7 Å². The number of hydrogen-bond donors (Lipinski definition) is 1. The first-order valence-corrected chi connectivity index (χ1v) is 7.13. The zero-order chi connectivity index (χ0) is 13.2. The fourth-order valence-electron chi connectivity index (χ4n) is 2.51. The first-order chi connectivity index (χ1) is 8.54. The SMILES string of the molecule is CCCC1(C)CNCC(c2cc(Cl)ccc2Cl)O1. The highest BCUT2D eigenvalue weighted by molar-refractivity contribution is 6.33. The van der Waals surface area contributed by atoms with Crippen molar-refractivity contribution in [3.63, 3.8) is 0 Å². The van der Waals surface area contributed by atoms with E-state index in [0.717, 1.165) is 31.5 Å². The Hall–Kier alpha value is -0.280. The van der Waals surface area contributed by atoms with E-state index in [2.05, 4.69) is 19.2 Å². The predicted molar refractivity (Wildman–Crippen MR) is 76.5 cm³/mol. The third-order valence-electron chi connectivity index (χ3n) is 3.34. The molecule has 18 heavy (non-hydrogen) atoms. The predicted octanol–water partition coefficient (Wildman–Crippen LogP) is 4.21. The molecule has 2 unspecified atom stereocenters. The largest absolute Gasteiger partial charge is 0.365 e. The Bertz CT molecular complexity index is 420. The maximum atomic E-state index is 6.23. The molecule has 0 bridgehead atoms. The van der Waals surface area contributed by atoms with Gasteiger partial charge in [0.25, 0.3) is 0 Å². The van der Waals surface area contributed by atoms with Crippen LogP contribution in [0.3, 0.4) is 0 Å². The highest BCUT2D eigenvalue weighted by Gasteiger charge is 2.33. The van der Waals surface area contributed by atoms with Gasteiger partial charge in [-0.25, -0.2) is 0 Å². The van der Waals surface area contributed by atoms with Gasteiger partial charge in [0.15, 0.2) is 0 Å². The van der Waals surface area contributed by atoms with E-state index in [0.29, 0.717) is 10.0 Å². The van der Waals surface area contributed by atoms with Gasteiger partial charge in [-0.3, -0.25) is 0 Å². The summed E-state index contributed by atoms with van der Waals surface area (Å²) in [5, 5.41) is 4.84. The van der Waals surface area contributed by atoms with Gasteiger partial charge in [-0.2, -0.15) is 0 Å². The standard InChI is InChI=1S/C14H19Cl2NO/c1-3-6-14(2)9-17-8-13(18-14)11-7-10(15)4-5-12(11)16/h4-5,7,13,17H,3,6,8-9H2,1-2H3. The zero-order valence-electron chi connectivity index (χ0n) is 10.8. The van der Waals surface area contributed by atoms with Crippen LogP contribution in [0, 0.1) is 0 Å². The van der Waals surface area contributed by atoms with E-state index < -0.39 is 0 Å².